The van der Waals surface area contributed by atoms with Gasteiger partial charge in [-0.05, 0) is 17.5 Å². The topological polar surface area (TPSA) is 102 Å². The van der Waals surface area contributed by atoms with E-state index in [-0.39, 0.29) is 76.7 Å². The van der Waals surface area contributed by atoms with Crippen LogP contribution in [0.1, 0.15) is 21.5 Å². The SMILES string of the molecule is O=C([O-])c1c(CSC2CNC2)ccc2c1O[B-](O)(O)CC2.[Na+].[Na+]. The minimum absolute atomic E-state index is 0. The number of aryl methyl sites for hydroxylation is 1. The molecule has 0 atom stereocenters. The average molecular weight is 355 g/mol. The molecule has 0 radical (unpaired) electrons. The minimum atomic E-state index is -2.98. The van der Waals surface area contributed by atoms with E-state index in [9.17, 15) is 19.9 Å². The zero-order chi connectivity index (χ0) is 15.0. The molecule has 2 aliphatic rings. The van der Waals surface area contributed by atoms with Gasteiger partial charge in [0.05, 0.1) is 11.7 Å². The Hall–Kier alpha value is 0.785. The number of thioether (sulfide) groups is 1. The van der Waals surface area contributed by atoms with Gasteiger partial charge in [-0.1, -0.05) is 18.5 Å². The molecular weight excluding hydrogens is 339 g/mol. The molecule has 0 amide bonds. The molecule has 0 bridgehead atoms. The minimum Gasteiger partial charge on any atom is -0.669 e. The van der Waals surface area contributed by atoms with Crippen molar-refractivity contribution in [1.82, 2.24) is 5.32 Å². The van der Waals surface area contributed by atoms with Crippen molar-refractivity contribution in [3.05, 3.63) is 28.8 Å². The van der Waals surface area contributed by atoms with Crippen molar-refractivity contribution in [3.63, 3.8) is 0 Å². The standard InChI is InChI=1S/C13H17BNO5S.2Na/c16-13(17)11-9(7-21-10-5-15-6-10)2-1-8-3-4-14(18,19)20-12(8)11;;/h1-2,10,15,18-19H,3-7H2,(H,16,17);;/q-1;2*+1/p-1. The quantitative estimate of drug-likeness (QED) is 0.462. The van der Waals surface area contributed by atoms with Crippen LogP contribution in [0.15, 0.2) is 12.1 Å². The van der Waals surface area contributed by atoms with Crippen LogP contribution in [0.3, 0.4) is 0 Å². The molecule has 1 aromatic carbocycles. The average Bonchev–Trinajstić information content (AvgIpc) is 2.34. The van der Waals surface area contributed by atoms with E-state index >= 15 is 0 Å². The number of carboxylic acid groups (broad SMARTS) is 1. The number of benzene rings is 1. The van der Waals surface area contributed by atoms with Crippen LogP contribution in [0.2, 0.25) is 6.32 Å². The Bertz CT molecular complexity index is 586. The number of carboxylic acids is 1. The molecule has 114 valence electrons. The van der Waals surface area contributed by atoms with Crippen LogP contribution >= 0.6 is 11.8 Å². The molecule has 6 nitrogen and oxygen atoms in total. The summed E-state index contributed by atoms with van der Waals surface area (Å²) in [6.45, 7) is -1.14. The maximum Gasteiger partial charge on any atom is 1.00 e. The number of aromatic carboxylic acids is 1. The van der Waals surface area contributed by atoms with Gasteiger partial charge in [-0.2, -0.15) is 11.8 Å². The number of carbonyl (C=O) groups is 1. The third-order valence-electron chi connectivity index (χ3n) is 3.84. The summed E-state index contributed by atoms with van der Waals surface area (Å²) in [4.78, 5) is 11.5. The molecule has 0 aromatic heterocycles. The van der Waals surface area contributed by atoms with E-state index in [0.29, 0.717) is 28.6 Å². The zero-order valence-corrected chi connectivity index (χ0v) is 18.2. The number of nitrogens with one attached hydrogen (secondary N) is 1. The summed E-state index contributed by atoms with van der Waals surface area (Å²) in [6, 6.07) is 3.56. The molecule has 3 N–H and O–H groups in total. The molecular formula is C13H16BNNa2O5S. The largest absolute Gasteiger partial charge is 1.00 e. The summed E-state index contributed by atoms with van der Waals surface area (Å²) in [6.07, 6.45) is 0.448. The molecule has 10 heteroatoms. The van der Waals surface area contributed by atoms with Crippen LogP contribution in [-0.4, -0.2) is 41.1 Å². The molecule has 23 heavy (non-hydrogen) atoms. The van der Waals surface area contributed by atoms with Gasteiger partial charge >= 0.3 is 65.9 Å². The van der Waals surface area contributed by atoms with Gasteiger partial charge in [0.2, 0.25) is 0 Å². The Morgan fingerprint density at radius 3 is 2.65 bits per heavy atom. The first kappa shape index (κ1) is 21.8. The van der Waals surface area contributed by atoms with Crippen LogP contribution < -0.4 is 74.2 Å². The normalized spacial score (nSPS) is 18.5. The summed E-state index contributed by atoms with van der Waals surface area (Å²) in [5.74, 6) is -0.762. The van der Waals surface area contributed by atoms with Gasteiger partial charge in [-0.25, -0.2) is 0 Å². The molecule has 0 saturated carbocycles. The first-order valence-electron chi connectivity index (χ1n) is 6.94. The maximum atomic E-state index is 11.5. The monoisotopic (exact) mass is 355 g/mol. The van der Waals surface area contributed by atoms with Crippen molar-refractivity contribution in [2.24, 2.45) is 0 Å². The number of carbonyl (C=O) groups excluding carboxylic acids is 1. The summed E-state index contributed by atoms with van der Waals surface area (Å²) in [5.41, 5.74) is 1.22. The molecule has 0 unspecified atom stereocenters. The molecule has 1 aromatic rings. The van der Waals surface area contributed by atoms with Crippen LogP contribution in [-0.2, 0) is 12.2 Å². The van der Waals surface area contributed by atoms with Gasteiger partial charge in [-0.3, -0.25) is 0 Å². The van der Waals surface area contributed by atoms with Crippen molar-refractivity contribution >= 4 is 24.5 Å². The second-order valence-corrected chi connectivity index (χ2v) is 6.77. The second kappa shape index (κ2) is 8.94. The van der Waals surface area contributed by atoms with Gasteiger partial charge in [0, 0.05) is 29.7 Å². The fourth-order valence-electron chi connectivity index (χ4n) is 2.52. The number of fused-ring (bicyclic) bond motifs is 1. The van der Waals surface area contributed by atoms with E-state index in [1.165, 1.54) is 0 Å². The van der Waals surface area contributed by atoms with E-state index in [2.05, 4.69) is 5.32 Å². The molecule has 2 heterocycles. The smallest absolute Gasteiger partial charge is 0.669 e. The third-order valence-corrected chi connectivity index (χ3v) is 5.13. The first-order valence-corrected chi connectivity index (χ1v) is 7.99. The summed E-state index contributed by atoms with van der Waals surface area (Å²) in [5, 5.41) is 34.4. The second-order valence-electron chi connectivity index (χ2n) is 5.48. The van der Waals surface area contributed by atoms with E-state index in [1.54, 1.807) is 23.9 Å². The Labute approximate surface area is 183 Å². The van der Waals surface area contributed by atoms with Gasteiger partial charge in [0.15, 0.2) is 0 Å². The Morgan fingerprint density at radius 1 is 1.39 bits per heavy atom. The fraction of sp³-hybridized carbons (Fsp3) is 0.462. The Morgan fingerprint density at radius 2 is 2.09 bits per heavy atom. The maximum absolute atomic E-state index is 11.5. The van der Waals surface area contributed by atoms with Crippen molar-refractivity contribution in [2.75, 3.05) is 13.1 Å². The van der Waals surface area contributed by atoms with Crippen LogP contribution in [0.4, 0.5) is 0 Å². The predicted molar refractivity (Wildman–Crippen MR) is 78.1 cm³/mol. The molecule has 1 fully saturated rings. The number of rotatable bonds is 4. The Kier molecular flexibility index (Phi) is 8.48. The van der Waals surface area contributed by atoms with Crippen molar-refractivity contribution in [3.8, 4) is 5.75 Å². The summed E-state index contributed by atoms with van der Waals surface area (Å²) in [7, 11) is 0. The van der Waals surface area contributed by atoms with Crippen molar-refractivity contribution in [2.45, 2.75) is 23.7 Å². The van der Waals surface area contributed by atoms with E-state index < -0.39 is 12.7 Å². The number of hydrogen-bond donors (Lipinski definition) is 3. The van der Waals surface area contributed by atoms with Gasteiger partial charge in [-0.15, -0.1) is 0 Å². The molecule has 2 aliphatic heterocycles. The zero-order valence-electron chi connectivity index (χ0n) is 13.4. The van der Waals surface area contributed by atoms with Gasteiger partial charge < -0.3 is 29.9 Å². The van der Waals surface area contributed by atoms with Crippen LogP contribution in [0.5, 0.6) is 5.75 Å². The summed E-state index contributed by atoms with van der Waals surface area (Å²) < 4.78 is 5.13. The molecule has 3 rings (SSSR count). The van der Waals surface area contributed by atoms with Crippen LogP contribution in [0, 0.1) is 0 Å². The predicted octanol–water partition coefficient (Wildman–Crippen LogP) is -6.88. The van der Waals surface area contributed by atoms with E-state index in [1.807, 2.05) is 0 Å². The number of hydrogen-bond acceptors (Lipinski definition) is 7. The van der Waals surface area contributed by atoms with E-state index in [4.69, 9.17) is 4.65 Å². The Balaban J connectivity index is 0.00000132. The van der Waals surface area contributed by atoms with Gasteiger partial charge in [0.25, 0.3) is 0 Å². The van der Waals surface area contributed by atoms with E-state index in [0.717, 1.165) is 13.1 Å². The first-order chi connectivity index (χ1) is 9.96. The summed E-state index contributed by atoms with van der Waals surface area (Å²) >= 11 is 1.67. The third kappa shape index (κ3) is 5.13. The fourth-order valence-corrected chi connectivity index (χ4v) is 3.65. The van der Waals surface area contributed by atoms with Gasteiger partial charge in [0.1, 0.15) is 0 Å². The van der Waals surface area contributed by atoms with Crippen molar-refractivity contribution in [1.29, 1.82) is 0 Å². The van der Waals surface area contributed by atoms with Crippen molar-refractivity contribution < 1.29 is 83.7 Å². The molecule has 0 aliphatic carbocycles. The molecule has 1 saturated heterocycles. The van der Waals surface area contributed by atoms with Crippen LogP contribution in [0.25, 0.3) is 0 Å². The molecule has 0 spiro atoms.